The average molecular weight is 595 g/mol. The third kappa shape index (κ3) is 8.38. The van der Waals surface area contributed by atoms with Gasteiger partial charge in [-0.15, -0.1) is 0 Å². The van der Waals surface area contributed by atoms with Gasteiger partial charge in [-0.3, -0.25) is 4.79 Å². The SMILES string of the molecule is COc1ccc(C(=O)Oc2ccc(/C=N\NC(=O)C(Oc3ccc(Cl)cc3)Oc3ccc(Cl)cc3)cc2)cc1OC. The first kappa shape index (κ1) is 29.3. The van der Waals surface area contributed by atoms with E-state index in [4.69, 9.17) is 46.9 Å². The largest absolute Gasteiger partial charge is 0.493 e. The molecule has 11 heteroatoms. The Hall–Kier alpha value is -4.73. The quantitative estimate of drug-likeness (QED) is 0.0728. The Balaban J connectivity index is 1.37. The van der Waals surface area contributed by atoms with E-state index in [2.05, 4.69) is 10.5 Å². The van der Waals surface area contributed by atoms with Gasteiger partial charge in [0, 0.05) is 10.0 Å². The number of hydrogen-bond acceptors (Lipinski definition) is 8. The Bertz CT molecular complexity index is 1460. The van der Waals surface area contributed by atoms with E-state index in [0.29, 0.717) is 49.9 Å². The molecule has 0 spiro atoms. The molecule has 0 aliphatic carbocycles. The van der Waals surface area contributed by atoms with Crippen LogP contribution in [0.4, 0.5) is 0 Å². The third-order valence-corrected chi connectivity index (χ3v) is 5.93. The summed E-state index contributed by atoms with van der Waals surface area (Å²) in [6.07, 6.45) is 0.0484. The van der Waals surface area contributed by atoms with Crippen molar-refractivity contribution < 1.29 is 33.3 Å². The van der Waals surface area contributed by atoms with Crippen LogP contribution in [0.25, 0.3) is 0 Å². The van der Waals surface area contributed by atoms with Gasteiger partial charge in [-0.05, 0) is 96.6 Å². The van der Waals surface area contributed by atoms with Crippen molar-refractivity contribution in [3.8, 4) is 28.7 Å². The maximum atomic E-state index is 12.9. The van der Waals surface area contributed by atoms with Gasteiger partial charge in [0.1, 0.15) is 17.2 Å². The minimum Gasteiger partial charge on any atom is -0.493 e. The van der Waals surface area contributed by atoms with E-state index >= 15 is 0 Å². The van der Waals surface area contributed by atoms with Gasteiger partial charge in [0.05, 0.1) is 26.0 Å². The Morgan fingerprint density at radius 3 is 1.80 bits per heavy atom. The Morgan fingerprint density at radius 1 is 0.732 bits per heavy atom. The zero-order chi connectivity index (χ0) is 29.2. The molecule has 0 atom stereocenters. The van der Waals surface area contributed by atoms with E-state index in [0.717, 1.165) is 0 Å². The fraction of sp³-hybridized carbons (Fsp3) is 0.100. The van der Waals surface area contributed by atoms with Gasteiger partial charge in [0.2, 0.25) is 0 Å². The highest BCUT2D eigenvalue weighted by Gasteiger charge is 2.23. The number of esters is 1. The molecular weight excluding hydrogens is 571 g/mol. The van der Waals surface area contributed by atoms with Crippen LogP contribution in [-0.2, 0) is 4.79 Å². The van der Waals surface area contributed by atoms with Crippen molar-refractivity contribution in [1.29, 1.82) is 0 Å². The summed E-state index contributed by atoms with van der Waals surface area (Å²) in [5.74, 6) is 0.739. The van der Waals surface area contributed by atoms with Crippen LogP contribution >= 0.6 is 23.2 Å². The highest BCUT2D eigenvalue weighted by Crippen LogP contribution is 2.28. The zero-order valence-electron chi connectivity index (χ0n) is 21.9. The molecule has 1 N–H and O–H groups in total. The van der Waals surface area contributed by atoms with Gasteiger partial charge in [0.25, 0.3) is 0 Å². The molecule has 41 heavy (non-hydrogen) atoms. The fourth-order valence-electron chi connectivity index (χ4n) is 3.38. The van der Waals surface area contributed by atoms with Crippen LogP contribution in [0, 0.1) is 0 Å². The fourth-order valence-corrected chi connectivity index (χ4v) is 3.63. The number of carbonyl (C=O) groups is 2. The average Bonchev–Trinajstić information content (AvgIpc) is 2.99. The molecule has 1 amide bonds. The standard InChI is InChI=1S/C30H24Cl2N2O7/c1-37-26-16-5-20(17-27(26)38-2)29(36)39-23-10-3-19(4-11-23)18-33-34-28(35)30(40-24-12-6-21(31)7-13-24)41-25-14-8-22(32)9-15-25/h3-18,30H,1-2H3,(H,34,35)/b33-18-. The van der Waals surface area contributed by atoms with Gasteiger partial charge < -0.3 is 23.7 Å². The molecule has 0 aromatic heterocycles. The number of ether oxygens (including phenoxy) is 5. The van der Waals surface area contributed by atoms with Crippen molar-refractivity contribution in [1.82, 2.24) is 5.43 Å². The number of carbonyl (C=O) groups excluding carboxylic acids is 2. The van der Waals surface area contributed by atoms with Crippen molar-refractivity contribution in [3.63, 3.8) is 0 Å². The molecule has 0 saturated carbocycles. The molecule has 0 heterocycles. The number of amides is 1. The number of halogens is 2. The van der Waals surface area contributed by atoms with Crippen molar-refractivity contribution in [2.75, 3.05) is 14.2 Å². The molecule has 0 unspecified atom stereocenters. The van der Waals surface area contributed by atoms with Gasteiger partial charge >= 0.3 is 18.2 Å². The van der Waals surface area contributed by atoms with E-state index in [-0.39, 0.29) is 0 Å². The second-order valence-corrected chi connectivity index (χ2v) is 9.11. The van der Waals surface area contributed by atoms with Crippen molar-refractivity contribution in [2.24, 2.45) is 5.10 Å². The molecule has 0 bridgehead atoms. The number of rotatable bonds is 11. The molecular formula is C30H24Cl2N2O7. The highest BCUT2D eigenvalue weighted by molar-refractivity contribution is 6.30. The third-order valence-electron chi connectivity index (χ3n) is 5.43. The van der Waals surface area contributed by atoms with Crippen molar-refractivity contribution in [3.05, 3.63) is 112 Å². The lowest BCUT2D eigenvalue weighted by molar-refractivity contribution is -0.140. The monoisotopic (exact) mass is 594 g/mol. The Kier molecular flexibility index (Phi) is 10.0. The molecule has 0 aliphatic rings. The van der Waals surface area contributed by atoms with Crippen LogP contribution in [-0.4, -0.2) is 38.6 Å². The number of nitrogens with one attached hydrogen (secondary N) is 1. The van der Waals surface area contributed by atoms with Crippen molar-refractivity contribution in [2.45, 2.75) is 6.29 Å². The van der Waals surface area contributed by atoms with Gasteiger partial charge in [-0.1, -0.05) is 23.2 Å². The van der Waals surface area contributed by atoms with Gasteiger partial charge in [0.15, 0.2) is 11.5 Å². The molecule has 0 saturated heterocycles. The summed E-state index contributed by atoms with van der Waals surface area (Å²) in [4.78, 5) is 25.4. The normalized spacial score (nSPS) is 10.8. The topological polar surface area (TPSA) is 105 Å². The van der Waals surface area contributed by atoms with Crippen LogP contribution < -0.4 is 29.1 Å². The first-order valence-electron chi connectivity index (χ1n) is 12.1. The molecule has 4 aromatic rings. The van der Waals surface area contributed by atoms with E-state index in [9.17, 15) is 9.59 Å². The van der Waals surface area contributed by atoms with Gasteiger partial charge in [-0.2, -0.15) is 5.10 Å². The highest BCUT2D eigenvalue weighted by atomic mass is 35.5. The van der Waals surface area contributed by atoms with E-state index in [1.807, 2.05) is 0 Å². The number of hydrogen-bond donors (Lipinski definition) is 1. The molecule has 4 rings (SSSR count). The number of methoxy groups -OCH3 is 2. The summed E-state index contributed by atoms with van der Waals surface area (Å²) in [6.45, 7) is 0. The lowest BCUT2D eigenvalue weighted by Gasteiger charge is -2.19. The zero-order valence-corrected chi connectivity index (χ0v) is 23.4. The lowest BCUT2D eigenvalue weighted by Crippen LogP contribution is -2.40. The number of hydrazone groups is 1. The lowest BCUT2D eigenvalue weighted by atomic mass is 10.2. The minimum atomic E-state index is -1.37. The second kappa shape index (κ2) is 14.1. The molecule has 0 fully saturated rings. The van der Waals surface area contributed by atoms with Crippen LogP contribution in [0.3, 0.4) is 0 Å². The summed E-state index contributed by atoms with van der Waals surface area (Å²) in [7, 11) is 2.99. The van der Waals surface area contributed by atoms with Crippen molar-refractivity contribution >= 4 is 41.3 Å². The smallest absolute Gasteiger partial charge is 0.343 e. The van der Waals surface area contributed by atoms with Crippen LogP contribution in [0.1, 0.15) is 15.9 Å². The predicted molar refractivity (Wildman–Crippen MR) is 155 cm³/mol. The van der Waals surface area contributed by atoms with Gasteiger partial charge in [-0.25, -0.2) is 10.2 Å². The molecule has 9 nitrogen and oxygen atoms in total. The number of nitrogens with zero attached hydrogens (tertiary/aromatic N) is 1. The maximum Gasteiger partial charge on any atom is 0.343 e. The minimum absolute atomic E-state index is 0.298. The Labute approximate surface area is 246 Å². The van der Waals surface area contributed by atoms with E-state index in [1.165, 1.54) is 26.5 Å². The summed E-state index contributed by atoms with van der Waals surface area (Å²) < 4.78 is 27.3. The van der Waals surface area contributed by atoms with E-state index < -0.39 is 18.2 Å². The first-order chi connectivity index (χ1) is 19.8. The summed E-state index contributed by atoms with van der Waals surface area (Å²) >= 11 is 11.9. The number of benzene rings is 4. The van der Waals surface area contributed by atoms with E-state index in [1.54, 1.807) is 84.9 Å². The summed E-state index contributed by atoms with van der Waals surface area (Å²) in [6, 6.07) is 24.2. The first-order valence-corrected chi connectivity index (χ1v) is 12.8. The second-order valence-electron chi connectivity index (χ2n) is 8.24. The van der Waals surface area contributed by atoms with Crippen LogP contribution in [0.15, 0.2) is 96.1 Å². The molecule has 0 radical (unpaired) electrons. The summed E-state index contributed by atoms with van der Waals surface area (Å²) in [5, 5.41) is 5.02. The molecule has 0 aliphatic heterocycles. The molecule has 4 aromatic carbocycles. The van der Waals surface area contributed by atoms with Crippen LogP contribution in [0.5, 0.6) is 28.7 Å². The predicted octanol–water partition coefficient (Wildman–Crippen LogP) is 6.16. The molecule has 210 valence electrons. The maximum absolute atomic E-state index is 12.9. The van der Waals surface area contributed by atoms with Crippen LogP contribution in [0.2, 0.25) is 10.0 Å². The Morgan fingerprint density at radius 2 is 1.27 bits per heavy atom. The summed E-state index contributed by atoms with van der Waals surface area (Å²) in [5.41, 5.74) is 3.33.